The predicted molar refractivity (Wildman–Crippen MR) is 116 cm³/mol. The van der Waals surface area contributed by atoms with Crippen molar-refractivity contribution < 1.29 is 4.79 Å². The van der Waals surface area contributed by atoms with Gasteiger partial charge in [-0.25, -0.2) is 9.97 Å². The molecule has 0 bridgehead atoms. The van der Waals surface area contributed by atoms with E-state index in [1.807, 2.05) is 13.0 Å². The predicted octanol–water partition coefficient (Wildman–Crippen LogP) is 4.75. The van der Waals surface area contributed by atoms with Crippen LogP contribution in [0.5, 0.6) is 0 Å². The van der Waals surface area contributed by atoms with Crippen molar-refractivity contribution in [2.75, 3.05) is 16.8 Å². The van der Waals surface area contributed by atoms with Crippen molar-refractivity contribution in [2.45, 2.75) is 45.7 Å². The maximum Gasteiger partial charge on any atom is 0.234 e. The third-order valence-electron chi connectivity index (χ3n) is 4.63. The Hall–Kier alpha value is -2.12. The highest BCUT2D eigenvalue weighted by Gasteiger charge is 2.15. The Balaban J connectivity index is 1.74. The van der Waals surface area contributed by atoms with Crippen LogP contribution in [0.3, 0.4) is 0 Å². The molecule has 0 aliphatic heterocycles. The Morgan fingerprint density at radius 3 is 2.48 bits per heavy atom. The lowest BCUT2D eigenvalue weighted by atomic mass is 10.0. The molecule has 5 nitrogen and oxygen atoms in total. The third kappa shape index (κ3) is 4.09. The largest absolute Gasteiger partial charge is 0.383 e. The number of nitrogens with two attached hydrogens (primary N) is 1. The van der Waals surface area contributed by atoms with Crippen molar-refractivity contribution in [2.24, 2.45) is 0 Å². The van der Waals surface area contributed by atoms with Gasteiger partial charge in [0, 0.05) is 10.6 Å². The van der Waals surface area contributed by atoms with Gasteiger partial charge < -0.3 is 11.1 Å². The molecule has 7 heteroatoms. The first-order valence-electron chi connectivity index (χ1n) is 9.01. The highest BCUT2D eigenvalue weighted by atomic mass is 32.2. The Labute approximate surface area is 167 Å². The highest BCUT2D eigenvalue weighted by Crippen LogP contribution is 2.33. The maximum atomic E-state index is 12.5. The Bertz CT molecular complexity index is 975. The quantitative estimate of drug-likeness (QED) is 0.461. The maximum absolute atomic E-state index is 12.5. The molecule has 1 aromatic carbocycles. The summed E-state index contributed by atoms with van der Waals surface area (Å²) in [5.41, 5.74) is 10.5. The zero-order valence-electron chi connectivity index (χ0n) is 16.0. The van der Waals surface area contributed by atoms with Crippen LogP contribution in [-0.4, -0.2) is 21.6 Å². The lowest BCUT2D eigenvalue weighted by Crippen LogP contribution is -2.17. The summed E-state index contributed by atoms with van der Waals surface area (Å²) in [5.74, 6) is 0.668. The molecule has 3 rings (SSSR count). The number of benzene rings is 1. The Morgan fingerprint density at radius 2 is 1.85 bits per heavy atom. The number of anilines is 2. The van der Waals surface area contributed by atoms with Gasteiger partial charge in [-0.3, -0.25) is 4.79 Å². The minimum absolute atomic E-state index is 0.0589. The van der Waals surface area contributed by atoms with E-state index in [1.54, 1.807) is 11.3 Å². The molecule has 0 unspecified atom stereocenters. The van der Waals surface area contributed by atoms with Crippen molar-refractivity contribution in [1.82, 2.24) is 9.97 Å². The molecule has 0 atom stereocenters. The second-order valence-electron chi connectivity index (χ2n) is 6.35. The van der Waals surface area contributed by atoms with Crippen LogP contribution in [0, 0.1) is 13.8 Å². The minimum atomic E-state index is -0.0589. The third-order valence-corrected chi connectivity index (χ3v) is 6.58. The van der Waals surface area contributed by atoms with Crippen LogP contribution in [0.15, 0.2) is 23.4 Å². The van der Waals surface area contributed by atoms with Gasteiger partial charge in [0.05, 0.1) is 11.1 Å². The molecule has 1 amide bonds. The zero-order chi connectivity index (χ0) is 19.6. The number of thiophene rings is 1. The Morgan fingerprint density at radius 1 is 1.19 bits per heavy atom. The number of aromatic nitrogens is 2. The topological polar surface area (TPSA) is 80.9 Å². The van der Waals surface area contributed by atoms with E-state index in [0.29, 0.717) is 11.0 Å². The highest BCUT2D eigenvalue weighted by molar-refractivity contribution is 7.99. The number of amides is 1. The molecule has 0 aliphatic carbocycles. The van der Waals surface area contributed by atoms with E-state index < -0.39 is 0 Å². The summed E-state index contributed by atoms with van der Waals surface area (Å²) in [6.45, 7) is 8.27. The van der Waals surface area contributed by atoms with Crippen molar-refractivity contribution in [3.63, 3.8) is 0 Å². The average Bonchev–Trinajstić information content (AvgIpc) is 2.94. The molecule has 0 aliphatic rings. The second-order valence-corrected chi connectivity index (χ2v) is 8.50. The summed E-state index contributed by atoms with van der Waals surface area (Å²) in [5, 5.41) is 4.54. The zero-order valence-corrected chi connectivity index (χ0v) is 17.7. The summed E-state index contributed by atoms with van der Waals surface area (Å²) in [6.07, 6.45) is 1.76. The van der Waals surface area contributed by atoms with Crippen LogP contribution in [0.1, 0.15) is 35.4 Å². The van der Waals surface area contributed by atoms with E-state index in [4.69, 9.17) is 5.73 Å². The number of para-hydroxylation sites is 1. The van der Waals surface area contributed by atoms with E-state index in [9.17, 15) is 4.79 Å². The summed E-state index contributed by atoms with van der Waals surface area (Å²) in [6, 6.07) is 6.15. The summed E-state index contributed by atoms with van der Waals surface area (Å²) >= 11 is 2.92. The van der Waals surface area contributed by atoms with E-state index in [2.05, 4.69) is 48.2 Å². The SMILES string of the molecule is CCc1cccc(CC)c1NC(=O)CSc1nc(N)c2c(C)c(C)sc2n1. The van der Waals surface area contributed by atoms with Crippen molar-refractivity contribution in [3.05, 3.63) is 39.8 Å². The van der Waals surface area contributed by atoms with E-state index in [0.717, 1.165) is 45.4 Å². The number of rotatable bonds is 6. The summed E-state index contributed by atoms with van der Waals surface area (Å²) in [4.78, 5) is 23.5. The lowest BCUT2D eigenvalue weighted by Gasteiger charge is -2.14. The number of carbonyl (C=O) groups is 1. The molecule has 27 heavy (non-hydrogen) atoms. The first-order chi connectivity index (χ1) is 12.9. The fraction of sp³-hybridized carbons (Fsp3) is 0.350. The molecule has 2 heterocycles. The molecule has 142 valence electrons. The lowest BCUT2D eigenvalue weighted by molar-refractivity contribution is -0.113. The Kier molecular flexibility index (Phi) is 6.01. The smallest absolute Gasteiger partial charge is 0.234 e. The number of aryl methyl sites for hydroxylation is 4. The molecule has 0 saturated carbocycles. The first-order valence-corrected chi connectivity index (χ1v) is 10.8. The molecule has 0 spiro atoms. The number of hydrogen-bond donors (Lipinski definition) is 2. The van der Waals surface area contributed by atoms with Crippen LogP contribution >= 0.6 is 23.1 Å². The fourth-order valence-corrected chi connectivity index (χ4v) is 4.78. The van der Waals surface area contributed by atoms with Gasteiger partial charge in [-0.1, -0.05) is 43.8 Å². The van der Waals surface area contributed by atoms with Gasteiger partial charge in [-0.15, -0.1) is 11.3 Å². The van der Waals surface area contributed by atoms with Crippen LogP contribution in [0.4, 0.5) is 11.5 Å². The first kappa shape index (κ1) is 19.6. The fourth-order valence-electron chi connectivity index (χ4n) is 3.03. The standard InChI is InChI=1S/C20H24N4OS2/c1-5-13-8-7-9-14(6-2)17(13)22-15(25)10-26-20-23-18(21)16-11(3)12(4)27-19(16)24-20/h7-9H,5-6,10H2,1-4H3,(H,22,25)(H2,21,23,24). The number of carbonyl (C=O) groups excluding carboxylic acids is 1. The van der Waals surface area contributed by atoms with Crippen LogP contribution in [-0.2, 0) is 17.6 Å². The van der Waals surface area contributed by atoms with Crippen LogP contribution in [0.25, 0.3) is 10.2 Å². The van der Waals surface area contributed by atoms with Gasteiger partial charge in [-0.2, -0.15) is 0 Å². The monoisotopic (exact) mass is 400 g/mol. The average molecular weight is 401 g/mol. The number of nitrogens with zero attached hydrogens (tertiary/aromatic N) is 2. The number of thioether (sulfide) groups is 1. The van der Waals surface area contributed by atoms with Gasteiger partial charge in [0.2, 0.25) is 5.91 Å². The van der Waals surface area contributed by atoms with Gasteiger partial charge in [0.15, 0.2) is 5.16 Å². The normalized spacial score (nSPS) is 11.1. The van der Waals surface area contributed by atoms with E-state index >= 15 is 0 Å². The minimum Gasteiger partial charge on any atom is -0.383 e. The van der Waals surface area contributed by atoms with Gasteiger partial charge in [0.25, 0.3) is 0 Å². The second kappa shape index (κ2) is 8.27. The van der Waals surface area contributed by atoms with Crippen molar-refractivity contribution in [3.8, 4) is 0 Å². The number of nitrogen functional groups attached to an aromatic ring is 1. The molecular weight excluding hydrogens is 376 g/mol. The van der Waals surface area contributed by atoms with E-state index in [-0.39, 0.29) is 11.7 Å². The van der Waals surface area contributed by atoms with Crippen LogP contribution < -0.4 is 11.1 Å². The molecule has 0 saturated heterocycles. The van der Waals surface area contributed by atoms with Gasteiger partial charge in [0.1, 0.15) is 10.6 Å². The van der Waals surface area contributed by atoms with Gasteiger partial charge >= 0.3 is 0 Å². The molecule has 0 fully saturated rings. The van der Waals surface area contributed by atoms with Crippen molar-refractivity contribution in [1.29, 1.82) is 0 Å². The van der Waals surface area contributed by atoms with Crippen LogP contribution in [0.2, 0.25) is 0 Å². The van der Waals surface area contributed by atoms with Crippen molar-refractivity contribution >= 4 is 50.7 Å². The molecule has 2 aromatic heterocycles. The number of hydrogen-bond acceptors (Lipinski definition) is 6. The molecule has 0 radical (unpaired) electrons. The van der Waals surface area contributed by atoms with E-state index in [1.165, 1.54) is 16.6 Å². The summed E-state index contributed by atoms with van der Waals surface area (Å²) < 4.78 is 0. The number of fused-ring (bicyclic) bond motifs is 1. The van der Waals surface area contributed by atoms with Gasteiger partial charge in [-0.05, 0) is 43.4 Å². The molecular formula is C20H24N4OS2. The molecule has 3 N–H and O–H groups in total. The summed E-state index contributed by atoms with van der Waals surface area (Å²) in [7, 11) is 0. The molecule has 3 aromatic rings. The number of nitrogens with one attached hydrogen (secondary N) is 1.